The van der Waals surface area contributed by atoms with Crippen LogP contribution in [0.1, 0.15) is 31.2 Å². The van der Waals surface area contributed by atoms with E-state index >= 15 is 0 Å². The number of nitrogens with zero attached hydrogens (tertiary/aromatic N) is 3. The zero-order chi connectivity index (χ0) is 22.0. The summed E-state index contributed by atoms with van der Waals surface area (Å²) in [6, 6.07) is 12.1. The van der Waals surface area contributed by atoms with Gasteiger partial charge in [0.15, 0.2) is 11.0 Å². The highest BCUT2D eigenvalue weighted by molar-refractivity contribution is 8.00. The third-order valence-electron chi connectivity index (χ3n) is 5.16. The summed E-state index contributed by atoms with van der Waals surface area (Å²) in [5.41, 5.74) is 0.202. The molecule has 0 spiro atoms. The molecule has 1 aromatic heterocycles. The molecule has 1 aliphatic rings. The molecule has 31 heavy (non-hydrogen) atoms. The maximum atomic E-state index is 13.3. The van der Waals surface area contributed by atoms with Gasteiger partial charge in [-0.05, 0) is 55.3 Å². The Labute approximate surface area is 181 Å². The van der Waals surface area contributed by atoms with Crippen molar-refractivity contribution >= 4 is 17.5 Å². The van der Waals surface area contributed by atoms with Crippen molar-refractivity contribution in [2.45, 2.75) is 42.3 Å². The monoisotopic (exact) mass is 447 g/mol. The zero-order valence-corrected chi connectivity index (χ0v) is 17.5. The van der Waals surface area contributed by atoms with Crippen LogP contribution < -0.4 is 4.74 Å². The lowest BCUT2D eigenvalue weighted by Crippen LogP contribution is -2.21. The lowest BCUT2D eigenvalue weighted by atomic mass is 9.99. The molecule has 0 aliphatic heterocycles. The molecule has 4 rings (SSSR count). The number of ketones is 1. The maximum Gasteiger partial charge on any atom is 0.416 e. The molecular formula is C22H20F3N3O2S. The molecule has 162 valence electrons. The molecule has 1 unspecified atom stereocenters. The van der Waals surface area contributed by atoms with Gasteiger partial charge in [-0.1, -0.05) is 24.2 Å². The van der Waals surface area contributed by atoms with E-state index in [9.17, 15) is 18.0 Å². The normalized spacial score (nSPS) is 17.0. The molecular weight excluding hydrogens is 427 g/mol. The van der Waals surface area contributed by atoms with Gasteiger partial charge in [0.05, 0.1) is 23.6 Å². The Balaban J connectivity index is 1.81. The molecule has 0 amide bonds. The largest absolute Gasteiger partial charge is 0.497 e. The van der Waals surface area contributed by atoms with E-state index in [-0.39, 0.29) is 16.7 Å². The number of benzene rings is 2. The topological polar surface area (TPSA) is 57.0 Å². The van der Waals surface area contributed by atoms with E-state index in [1.54, 1.807) is 42.0 Å². The molecule has 1 fully saturated rings. The minimum Gasteiger partial charge on any atom is -0.497 e. The molecule has 1 saturated carbocycles. The van der Waals surface area contributed by atoms with Crippen LogP contribution in [-0.4, -0.2) is 32.9 Å². The lowest BCUT2D eigenvalue weighted by Gasteiger charge is -2.20. The summed E-state index contributed by atoms with van der Waals surface area (Å²) >= 11 is 1.26. The van der Waals surface area contributed by atoms with E-state index in [0.29, 0.717) is 28.7 Å². The summed E-state index contributed by atoms with van der Waals surface area (Å²) in [6.07, 6.45) is -1.44. The molecule has 1 heterocycles. The number of hydrogen-bond acceptors (Lipinski definition) is 5. The number of halogens is 3. The van der Waals surface area contributed by atoms with Crippen LogP contribution in [0.3, 0.4) is 0 Å². The molecule has 9 heteroatoms. The van der Waals surface area contributed by atoms with Gasteiger partial charge in [0.2, 0.25) is 0 Å². The second-order valence-electron chi connectivity index (χ2n) is 7.24. The number of methoxy groups -OCH3 is 1. The predicted octanol–water partition coefficient (Wildman–Crippen LogP) is 5.57. The fourth-order valence-electron chi connectivity index (χ4n) is 3.53. The fraction of sp³-hybridized carbons (Fsp3) is 0.318. The van der Waals surface area contributed by atoms with E-state index < -0.39 is 11.7 Å². The Morgan fingerprint density at radius 3 is 2.55 bits per heavy atom. The van der Waals surface area contributed by atoms with Crippen molar-refractivity contribution in [1.82, 2.24) is 14.8 Å². The van der Waals surface area contributed by atoms with Crippen molar-refractivity contribution in [3.8, 4) is 22.8 Å². The molecule has 3 aromatic rings. The van der Waals surface area contributed by atoms with Crippen LogP contribution in [-0.2, 0) is 11.0 Å². The minimum absolute atomic E-state index is 0.140. The average Bonchev–Trinajstić information content (AvgIpc) is 3.18. The van der Waals surface area contributed by atoms with Gasteiger partial charge in [0.25, 0.3) is 0 Å². The van der Waals surface area contributed by atoms with E-state index in [1.165, 1.54) is 17.8 Å². The van der Waals surface area contributed by atoms with E-state index in [1.807, 2.05) is 0 Å². The highest BCUT2D eigenvalue weighted by Gasteiger charge is 2.32. The third kappa shape index (κ3) is 4.61. The van der Waals surface area contributed by atoms with Gasteiger partial charge in [-0.3, -0.25) is 9.36 Å². The fourth-order valence-corrected chi connectivity index (χ4v) is 4.70. The summed E-state index contributed by atoms with van der Waals surface area (Å²) in [5, 5.41) is 8.62. The quantitative estimate of drug-likeness (QED) is 0.512. The minimum atomic E-state index is -4.48. The highest BCUT2D eigenvalue weighted by Crippen LogP contribution is 2.36. The van der Waals surface area contributed by atoms with Crippen LogP contribution in [0.5, 0.6) is 5.75 Å². The van der Waals surface area contributed by atoms with Crippen LogP contribution >= 0.6 is 11.8 Å². The van der Waals surface area contributed by atoms with Gasteiger partial charge < -0.3 is 4.74 Å². The SMILES string of the molecule is COc1ccc(-c2nnc(SC3CCCCC3=O)n2-c2cccc(C(F)(F)F)c2)cc1. The third-order valence-corrected chi connectivity index (χ3v) is 6.42. The number of alkyl halides is 3. The molecule has 1 atom stereocenters. The molecule has 0 bridgehead atoms. The molecule has 0 radical (unpaired) electrons. The van der Waals surface area contributed by atoms with Gasteiger partial charge in [-0.15, -0.1) is 10.2 Å². The van der Waals surface area contributed by atoms with Crippen LogP contribution in [0.2, 0.25) is 0 Å². The van der Waals surface area contributed by atoms with Gasteiger partial charge in [0, 0.05) is 12.0 Å². The van der Waals surface area contributed by atoms with E-state index in [2.05, 4.69) is 10.2 Å². The van der Waals surface area contributed by atoms with Crippen molar-refractivity contribution in [2.24, 2.45) is 0 Å². The Bertz CT molecular complexity index is 1080. The molecule has 5 nitrogen and oxygen atoms in total. The van der Waals surface area contributed by atoms with Gasteiger partial charge in [-0.2, -0.15) is 13.2 Å². The average molecular weight is 447 g/mol. The van der Waals surface area contributed by atoms with Crippen LogP contribution in [0, 0.1) is 0 Å². The molecule has 2 aromatic carbocycles. The second-order valence-corrected chi connectivity index (χ2v) is 8.41. The highest BCUT2D eigenvalue weighted by atomic mass is 32.2. The van der Waals surface area contributed by atoms with Crippen LogP contribution in [0.25, 0.3) is 17.1 Å². The Kier molecular flexibility index (Phi) is 6.04. The molecule has 0 N–H and O–H groups in total. The Morgan fingerprint density at radius 1 is 1.10 bits per heavy atom. The maximum absolute atomic E-state index is 13.3. The zero-order valence-electron chi connectivity index (χ0n) is 16.7. The van der Waals surface area contributed by atoms with Crippen molar-refractivity contribution in [3.63, 3.8) is 0 Å². The number of Topliss-reactive ketones (excluding diaryl/α,β-unsaturated/α-hetero) is 1. The first-order chi connectivity index (χ1) is 14.9. The summed E-state index contributed by atoms with van der Waals surface area (Å²) in [5.74, 6) is 1.19. The van der Waals surface area contributed by atoms with Crippen molar-refractivity contribution < 1.29 is 22.7 Å². The van der Waals surface area contributed by atoms with E-state index in [4.69, 9.17) is 4.74 Å². The van der Waals surface area contributed by atoms with Crippen molar-refractivity contribution in [1.29, 1.82) is 0 Å². The smallest absolute Gasteiger partial charge is 0.416 e. The second kappa shape index (κ2) is 8.74. The molecule has 0 saturated heterocycles. The van der Waals surface area contributed by atoms with Gasteiger partial charge >= 0.3 is 6.18 Å². The van der Waals surface area contributed by atoms with E-state index in [0.717, 1.165) is 31.4 Å². The number of rotatable bonds is 5. The first-order valence-electron chi connectivity index (χ1n) is 9.83. The molecule has 1 aliphatic carbocycles. The standard InChI is InChI=1S/C22H20F3N3O2S/c1-30-17-11-9-14(10-12-17)20-26-27-21(31-19-8-3-2-7-18(19)29)28(20)16-6-4-5-15(13-16)22(23,24)25/h4-6,9-13,19H,2-3,7-8H2,1H3. The number of thioether (sulfide) groups is 1. The summed E-state index contributed by atoms with van der Waals surface area (Å²) < 4.78 is 46.8. The van der Waals surface area contributed by atoms with Crippen molar-refractivity contribution in [3.05, 3.63) is 54.1 Å². The van der Waals surface area contributed by atoms with Crippen LogP contribution in [0.4, 0.5) is 13.2 Å². The first-order valence-corrected chi connectivity index (χ1v) is 10.7. The first kappa shape index (κ1) is 21.4. The van der Waals surface area contributed by atoms with Crippen LogP contribution in [0.15, 0.2) is 53.7 Å². The summed E-state index contributed by atoms with van der Waals surface area (Å²) in [4.78, 5) is 12.3. The van der Waals surface area contributed by atoms with Gasteiger partial charge in [0.1, 0.15) is 11.5 Å². The number of carbonyl (C=O) groups is 1. The number of carbonyl (C=O) groups excluding carboxylic acids is 1. The Morgan fingerprint density at radius 2 is 1.87 bits per heavy atom. The summed E-state index contributed by atoms with van der Waals surface area (Å²) in [7, 11) is 1.55. The summed E-state index contributed by atoms with van der Waals surface area (Å²) in [6.45, 7) is 0. The number of hydrogen-bond donors (Lipinski definition) is 0. The lowest BCUT2D eigenvalue weighted by molar-refractivity contribution is -0.137. The number of aromatic nitrogens is 3. The predicted molar refractivity (Wildman–Crippen MR) is 111 cm³/mol. The van der Waals surface area contributed by atoms with Crippen molar-refractivity contribution in [2.75, 3.05) is 7.11 Å². The number of ether oxygens (including phenoxy) is 1. The van der Waals surface area contributed by atoms with Gasteiger partial charge in [-0.25, -0.2) is 0 Å². The Hall–Kier alpha value is -2.81.